The van der Waals surface area contributed by atoms with Crippen LogP contribution in [0.25, 0.3) is 0 Å². The number of furan rings is 1. The van der Waals surface area contributed by atoms with Crippen molar-refractivity contribution in [2.45, 2.75) is 39.1 Å². The summed E-state index contributed by atoms with van der Waals surface area (Å²) in [5, 5.41) is 0. The van der Waals surface area contributed by atoms with Crippen molar-refractivity contribution >= 4 is 13.6 Å². The molecule has 0 bridgehead atoms. The molecular formula is C16H27O8P. The Morgan fingerprint density at radius 3 is 2.20 bits per heavy atom. The van der Waals surface area contributed by atoms with Gasteiger partial charge >= 0.3 is 13.6 Å². The Morgan fingerprint density at radius 1 is 1.12 bits per heavy atom. The van der Waals surface area contributed by atoms with Gasteiger partial charge in [0.2, 0.25) is 0 Å². The fourth-order valence-electron chi connectivity index (χ4n) is 2.34. The van der Waals surface area contributed by atoms with Crippen molar-refractivity contribution in [3.8, 4) is 0 Å². The number of esters is 1. The van der Waals surface area contributed by atoms with E-state index < -0.39 is 19.1 Å². The molecule has 1 aromatic rings. The van der Waals surface area contributed by atoms with Gasteiger partial charge in [-0.3, -0.25) is 4.57 Å². The first-order valence-electron chi connectivity index (χ1n) is 8.15. The Kier molecular flexibility index (Phi) is 8.82. The number of rotatable bonds is 12. The molecule has 0 aliphatic carbocycles. The van der Waals surface area contributed by atoms with Gasteiger partial charge in [0, 0.05) is 27.1 Å². The Bertz CT molecular complexity index is 568. The summed E-state index contributed by atoms with van der Waals surface area (Å²) in [5.74, 6) is 0.0395. The summed E-state index contributed by atoms with van der Waals surface area (Å²) in [5.41, 5.74) is -1.26. The van der Waals surface area contributed by atoms with Crippen LogP contribution in [0.5, 0.6) is 0 Å². The first-order chi connectivity index (χ1) is 11.9. The number of carbonyl (C=O) groups is 1. The summed E-state index contributed by atoms with van der Waals surface area (Å²) in [4.78, 5) is 11.7. The SMILES string of the molecule is CCOC(=O)c1coc(CCC(OC)(OC)P(=O)(OCC)OCC)c1. The highest BCUT2D eigenvalue weighted by Gasteiger charge is 2.52. The normalized spacial score (nSPS) is 12.4. The van der Waals surface area contributed by atoms with Crippen LogP contribution in [-0.2, 0) is 34.2 Å². The highest BCUT2D eigenvalue weighted by molar-refractivity contribution is 7.55. The minimum atomic E-state index is -3.70. The largest absolute Gasteiger partial charge is 0.468 e. The van der Waals surface area contributed by atoms with Crippen LogP contribution in [0.4, 0.5) is 0 Å². The molecule has 0 aliphatic heterocycles. The summed E-state index contributed by atoms with van der Waals surface area (Å²) in [6, 6.07) is 1.57. The van der Waals surface area contributed by atoms with Gasteiger partial charge in [-0.15, -0.1) is 0 Å². The predicted molar refractivity (Wildman–Crippen MR) is 90.6 cm³/mol. The molecule has 25 heavy (non-hydrogen) atoms. The van der Waals surface area contributed by atoms with Gasteiger partial charge in [-0.2, -0.15) is 0 Å². The average Bonchev–Trinajstić information content (AvgIpc) is 3.06. The van der Waals surface area contributed by atoms with Crippen molar-refractivity contribution in [2.24, 2.45) is 0 Å². The molecule has 1 rings (SSSR count). The van der Waals surface area contributed by atoms with Crippen molar-refractivity contribution in [2.75, 3.05) is 34.0 Å². The van der Waals surface area contributed by atoms with E-state index >= 15 is 0 Å². The smallest absolute Gasteiger partial charge is 0.389 e. The van der Waals surface area contributed by atoms with Crippen molar-refractivity contribution in [1.82, 2.24) is 0 Å². The molecule has 0 spiro atoms. The monoisotopic (exact) mass is 378 g/mol. The van der Waals surface area contributed by atoms with Gasteiger partial charge in [0.05, 0.1) is 25.4 Å². The van der Waals surface area contributed by atoms with E-state index in [1.54, 1.807) is 26.8 Å². The summed E-state index contributed by atoms with van der Waals surface area (Å²) in [6.07, 6.45) is 1.76. The maximum atomic E-state index is 13.1. The number of ether oxygens (including phenoxy) is 3. The lowest BCUT2D eigenvalue weighted by molar-refractivity contribution is -0.163. The Morgan fingerprint density at radius 2 is 1.72 bits per heavy atom. The number of hydrogen-bond donors (Lipinski definition) is 0. The van der Waals surface area contributed by atoms with Gasteiger partial charge in [0.25, 0.3) is 5.53 Å². The molecule has 0 amide bonds. The lowest BCUT2D eigenvalue weighted by Gasteiger charge is -2.35. The van der Waals surface area contributed by atoms with Crippen LogP contribution in [0, 0.1) is 0 Å². The van der Waals surface area contributed by atoms with Crippen LogP contribution in [0.15, 0.2) is 16.7 Å². The quantitative estimate of drug-likeness (QED) is 0.309. The lowest BCUT2D eigenvalue weighted by atomic mass is 10.2. The van der Waals surface area contributed by atoms with E-state index in [0.29, 0.717) is 17.7 Å². The van der Waals surface area contributed by atoms with Crippen LogP contribution in [-0.4, -0.2) is 45.5 Å². The molecule has 0 N–H and O–H groups in total. The van der Waals surface area contributed by atoms with Crippen molar-refractivity contribution < 1.29 is 37.0 Å². The fourth-order valence-corrected chi connectivity index (χ4v) is 4.32. The van der Waals surface area contributed by atoms with Crippen molar-refractivity contribution in [3.05, 3.63) is 23.7 Å². The Hall–Kier alpha value is -1.18. The predicted octanol–water partition coefficient (Wildman–Crippen LogP) is 3.60. The third-order valence-corrected chi connectivity index (χ3v) is 6.13. The first-order valence-corrected chi connectivity index (χ1v) is 9.70. The summed E-state index contributed by atoms with van der Waals surface area (Å²) in [7, 11) is -0.947. The zero-order chi connectivity index (χ0) is 18.9. The third-order valence-electron chi connectivity index (χ3n) is 3.51. The van der Waals surface area contributed by atoms with Crippen LogP contribution in [0.3, 0.4) is 0 Å². The van der Waals surface area contributed by atoms with Crippen molar-refractivity contribution in [1.29, 1.82) is 0 Å². The number of carbonyl (C=O) groups excluding carboxylic acids is 1. The van der Waals surface area contributed by atoms with E-state index in [-0.39, 0.29) is 26.2 Å². The van der Waals surface area contributed by atoms with Crippen LogP contribution in [0.1, 0.15) is 43.3 Å². The van der Waals surface area contributed by atoms with Crippen molar-refractivity contribution in [3.63, 3.8) is 0 Å². The number of methoxy groups -OCH3 is 2. The molecule has 0 unspecified atom stereocenters. The molecule has 0 atom stereocenters. The fraction of sp³-hybridized carbons (Fsp3) is 0.688. The lowest BCUT2D eigenvalue weighted by Crippen LogP contribution is -2.36. The molecule has 0 aliphatic rings. The molecular weight excluding hydrogens is 351 g/mol. The molecule has 0 fully saturated rings. The van der Waals surface area contributed by atoms with E-state index in [1.165, 1.54) is 20.5 Å². The number of hydrogen-bond acceptors (Lipinski definition) is 8. The van der Waals surface area contributed by atoms with Crippen LogP contribution >= 0.6 is 7.60 Å². The minimum absolute atomic E-state index is 0.146. The van der Waals surface area contributed by atoms with E-state index in [2.05, 4.69) is 0 Å². The number of aryl methyl sites for hydroxylation is 1. The first kappa shape index (κ1) is 21.9. The third kappa shape index (κ3) is 5.15. The summed E-state index contributed by atoms with van der Waals surface area (Å²) in [6.45, 7) is 5.78. The van der Waals surface area contributed by atoms with E-state index in [9.17, 15) is 9.36 Å². The second kappa shape index (κ2) is 10.1. The van der Waals surface area contributed by atoms with Crippen LogP contribution in [0.2, 0.25) is 0 Å². The summed E-state index contributed by atoms with van der Waals surface area (Å²) >= 11 is 0. The maximum Gasteiger partial charge on any atom is 0.389 e. The van der Waals surface area contributed by atoms with Gasteiger partial charge in [-0.25, -0.2) is 4.79 Å². The summed E-state index contributed by atoms with van der Waals surface area (Å²) < 4.78 is 44.9. The molecule has 1 heterocycles. The molecule has 0 aromatic carbocycles. The average molecular weight is 378 g/mol. The molecule has 0 saturated heterocycles. The molecule has 9 heteroatoms. The van der Waals surface area contributed by atoms with Gasteiger partial charge in [0.1, 0.15) is 12.0 Å². The zero-order valence-corrected chi connectivity index (χ0v) is 16.3. The molecule has 8 nitrogen and oxygen atoms in total. The van der Waals surface area contributed by atoms with E-state index in [1.807, 2.05) is 0 Å². The zero-order valence-electron chi connectivity index (χ0n) is 15.4. The van der Waals surface area contributed by atoms with Gasteiger partial charge in [-0.05, 0) is 26.8 Å². The standard InChI is InChI=1S/C16H27O8P/c1-6-21-15(17)13-11-14(22-12-13)9-10-16(19-4,20-5)25(18,23-7-2)24-8-3/h11-12H,6-10H2,1-5H3. The Balaban J connectivity index is 2.94. The molecule has 0 saturated carbocycles. The Labute approximate surface area is 148 Å². The van der Waals surface area contributed by atoms with Crippen LogP contribution < -0.4 is 0 Å². The highest BCUT2D eigenvalue weighted by atomic mass is 31.2. The molecule has 144 valence electrons. The maximum absolute atomic E-state index is 13.1. The van der Waals surface area contributed by atoms with Gasteiger partial charge < -0.3 is 27.7 Å². The molecule has 0 radical (unpaired) electrons. The van der Waals surface area contributed by atoms with Gasteiger partial charge in [-0.1, -0.05) is 0 Å². The topological polar surface area (TPSA) is 93.4 Å². The van der Waals surface area contributed by atoms with E-state index in [0.717, 1.165) is 0 Å². The van der Waals surface area contributed by atoms with E-state index in [4.69, 9.17) is 27.7 Å². The minimum Gasteiger partial charge on any atom is -0.468 e. The van der Waals surface area contributed by atoms with Gasteiger partial charge in [0.15, 0.2) is 0 Å². The second-order valence-corrected chi connectivity index (χ2v) is 7.17. The highest BCUT2D eigenvalue weighted by Crippen LogP contribution is 2.62. The molecule has 1 aromatic heterocycles. The second-order valence-electron chi connectivity index (χ2n) is 4.98.